The highest BCUT2D eigenvalue weighted by atomic mass is 28.5. The number of hydrogen-bond acceptors (Lipinski definition) is 15. The van der Waals surface area contributed by atoms with E-state index in [0.29, 0.717) is 99.8 Å². The summed E-state index contributed by atoms with van der Waals surface area (Å²) in [6, 6.07) is 21.6. The Labute approximate surface area is 525 Å². The summed E-state index contributed by atoms with van der Waals surface area (Å²) in [5.41, 5.74) is 20.9. The fourth-order valence-electron chi connectivity index (χ4n) is 10.8. The number of nitrogens with one attached hydrogen (secondary N) is 3. The van der Waals surface area contributed by atoms with Crippen molar-refractivity contribution >= 4 is 79.7 Å². The number of primary amides is 3. The van der Waals surface area contributed by atoms with Crippen molar-refractivity contribution in [3.05, 3.63) is 106 Å². The Morgan fingerprint density at radius 3 is 1.00 bits per heavy atom. The first-order valence-electron chi connectivity index (χ1n) is 30.9. The van der Waals surface area contributed by atoms with Crippen molar-refractivity contribution in [3.8, 4) is 0 Å². The highest BCUT2D eigenvalue weighted by Gasteiger charge is 2.53. The quantitative estimate of drug-likeness (QED) is 0.0235. The van der Waals surface area contributed by atoms with Crippen LogP contribution < -0.4 is 33.2 Å². The van der Waals surface area contributed by atoms with E-state index in [-0.39, 0.29) is 84.5 Å². The number of benzene rings is 3. The minimum atomic E-state index is -3.84. The Kier molecular flexibility index (Phi) is 34.4. The molecule has 3 aromatic carbocycles. The summed E-state index contributed by atoms with van der Waals surface area (Å²) in [5.74, 6) is -4.64. The normalized spacial score (nSPS) is 14.4. The second kappa shape index (κ2) is 39.8. The van der Waals surface area contributed by atoms with Crippen LogP contribution in [0.2, 0.25) is 18.1 Å². The second-order valence-corrected chi connectivity index (χ2v) is 31.1. The summed E-state index contributed by atoms with van der Waals surface area (Å²) in [6.45, 7) is 11.3. The fourth-order valence-corrected chi connectivity index (χ4v) is 20.5. The van der Waals surface area contributed by atoms with Gasteiger partial charge in [-0.3, -0.25) is 43.2 Å². The zero-order valence-corrected chi connectivity index (χ0v) is 56.6. The average Bonchev–Trinajstić information content (AvgIpc) is 3.71. The van der Waals surface area contributed by atoms with Crippen LogP contribution in [0.15, 0.2) is 72.8 Å². The van der Waals surface area contributed by atoms with E-state index in [1.807, 2.05) is 20.8 Å². The van der Waals surface area contributed by atoms with E-state index in [2.05, 4.69) is 16.0 Å². The van der Waals surface area contributed by atoms with Gasteiger partial charge in [0.1, 0.15) is 17.3 Å². The molecule has 487 valence electrons. The monoisotopic (exact) mass is 1280 g/mol. The molecule has 0 bridgehead atoms. The van der Waals surface area contributed by atoms with E-state index in [1.165, 1.54) is 49.2 Å². The number of nitrogens with two attached hydrogens (primary N) is 3. The van der Waals surface area contributed by atoms with Crippen LogP contribution in [0.25, 0.3) is 0 Å². The van der Waals surface area contributed by atoms with Crippen molar-refractivity contribution in [3.63, 3.8) is 0 Å². The number of carbonyl (C=O) groups is 9. The van der Waals surface area contributed by atoms with Gasteiger partial charge >= 0.3 is 26.9 Å². The van der Waals surface area contributed by atoms with Crippen LogP contribution in [-0.4, -0.2) is 128 Å². The summed E-state index contributed by atoms with van der Waals surface area (Å²) < 4.78 is 38.0. The molecule has 24 heteroatoms. The smallest absolute Gasteiger partial charge is 0.397 e. The zero-order chi connectivity index (χ0) is 65.4. The van der Waals surface area contributed by atoms with Crippen molar-refractivity contribution in [1.82, 2.24) is 16.0 Å². The molecule has 0 heterocycles. The van der Waals surface area contributed by atoms with Gasteiger partial charge in [-0.2, -0.15) is 0 Å². The van der Waals surface area contributed by atoms with Gasteiger partial charge in [-0.25, -0.2) is 0 Å². The molecule has 3 rings (SSSR count). The summed E-state index contributed by atoms with van der Waals surface area (Å²) in [5, 5.41) is 8.87. The number of amides is 6. The standard InChI is InChI=1S/C64H99N6O15Si3/c1-11-17-53(44(4)71)41-56(59(65)74)38-47-20-26-50(27-21-47)62(77)68-32-14-35-86(80-7)84-88(83-10,37-16-34-70-64(79)52-30-24-49(25-31-52)40-58(61(67)76)43-55(19-13-3)46(6)73)85-87(81-8,82-9)36-15-33-69-63(78)51-28-22-48(23-29-51)39-57(60(66)75)42-54(18-12-2)45(5)72/h20-31,53-58H,11-19,32-43H2,1-10H3,(H2,65,74)(H2,66,75)(H2,67,76)(H,68,77)(H,69,78)(H,70,79). The molecule has 9 N–H and O–H groups in total. The third kappa shape index (κ3) is 26.2. The molecule has 1 radical (unpaired) electrons. The summed E-state index contributed by atoms with van der Waals surface area (Å²) in [7, 11) is -3.72. The number of hydrogen-bond donors (Lipinski definition) is 6. The van der Waals surface area contributed by atoms with Crippen molar-refractivity contribution in [2.24, 2.45) is 52.7 Å². The van der Waals surface area contributed by atoms with Crippen molar-refractivity contribution in [2.45, 2.75) is 156 Å². The predicted octanol–water partition coefficient (Wildman–Crippen LogP) is 7.55. The molecule has 0 spiro atoms. The zero-order valence-electron chi connectivity index (χ0n) is 53.6. The average molecular weight is 1280 g/mol. The highest BCUT2D eigenvalue weighted by molar-refractivity contribution is 6.78. The van der Waals surface area contributed by atoms with E-state index in [4.69, 9.17) is 43.1 Å². The summed E-state index contributed by atoms with van der Waals surface area (Å²) in [6.07, 6.45) is 7.75. The Morgan fingerprint density at radius 1 is 0.443 bits per heavy atom. The van der Waals surface area contributed by atoms with Gasteiger partial charge in [0.25, 0.3) is 17.7 Å². The van der Waals surface area contributed by atoms with Crippen LogP contribution in [0.4, 0.5) is 0 Å². The first-order chi connectivity index (χ1) is 41.9. The lowest BCUT2D eigenvalue weighted by molar-refractivity contribution is -0.126. The van der Waals surface area contributed by atoms with Gasteiger partial charge in [0, 0.05) is 112 Å². The lowest BCUT2D eigenvalue weighted by Gasteiger charge is -2.38. The molecule has 0 fully saturated rings. The van der Waals surface area contributed by atoms with Gasteiger partial charge in [0.2, 0.25) is 17.7 Å². The molecule has 0 saturated heterocycles. The number of carbonyl (C=O) groups excluding carboxylic acids is 9. The minimum absolute atomic E-state index is 0.0267. The predicted molar refractivity (Wildman–Crippen MR) is 342 cm³/mol. The topological polar surface area (TPSA) is 323 Å². The van der Waals surface area contributed by atoms with Gasteiger partial charge in [-0.15, -0.1) is 0 Å². The molecule has 0 aliphatic rings. The fraction of sp³-hybridized carbons (Fsp3) is 0.578. The van der Waals surface area contributed by atoms with Gasteiger partial charge in [0.05, 0.1) is 0 Å². The Morgan fingerprint density at radius 2 is 0.739 bits per heavy atom. The Hall–Kier alpha value is -6.10. The van der Waals surface area contributed by atoms with Crippen LogP contribution in [0, 0.1) is 35.5 Å². The third-order valence-electron chi connectivity index (χ3n) is 16.1. The third-order valence-corrected chi connectivity index (χ3v) is 25.8. The number of ketones is 3. The van der Waals surface area contributed by atoms with Crippen LogP contribution in [0.3, 0.4) is 0 Å². The van der Waals surface area contributed by atoms with E-state index < -0.39 is 62.4 Å². The molecular formula is C64H99N6O15Si3. The second-order valence-electron chi connectivity index (χ2n) is 22.8. The molecule has 0 aliphatic carbocycles. The molecule has 6 amide bonds. The van der Waals surface area contributed by atoms with Crippen molar-refractivity contribution in [1.29, 1.82) is 0 Å². The van der Waals surface area contributed by atoms with Crippen molar-refractivity contribution < 1.29 is 69.1 Å². The molecule has 0 saturated carbocycles. The molecular weight excluding hydrogens is 1180 g/mol. The number of rotatable bonds is 47. The Balaban J connectivity index is 1.75. The van der Waals surface area contributed by atoms with E-state index in [1.54, 1.807) is 72.8 Å². The van der Waals surface area contributed by atoms with E-state index >= 15 is 0 Å². The molecule has 88 heavy (non-hydrogen) atoms. The molecule has 21 nitrogen and oxygen atoms in total. The molecule has 0 aliphatic heterocycles. The lowest BCUT2D eigenvalue weighted by atomic mass is 9.85. The SMILES string of the molecule is CCCC(CC(Cc1ccc(C(=O)NCCC[Si](OC)O[Si](CCCNC(=O)c2ccc(CC(CC(CCC)C(C)=O)C(N)=O)cc2)(OC)O[Si](CCCNC(=O)c2ccc(CC(CC(CCC)C(C)=O)C(N)=O)cc2)(OC)OC)cc1)C(N)=O)C(C)=O. The molecule has 0 aromatic heterocycles. The maximum atomic E-state index is 13.5. The number of Topliss-reactive ketones (excluding diaryl/α,β-unsaturated/α-hetero) is 3. The van der Waals surface area contributed by atoms with E-state index in [0.717, 1.165) is 36.0 Å². The van der Waals surface area contributed by atoms with Gasteiger partial charge < -0.3 is 59.1 Å². The minimum Gasteiger partial charge on any atom is -0.397 e. The molecule has 3 aromatic rings. The van der Waals surface area contributed by atoms with E-state index in [9.17, 15) is 43.2 Å². The largest absolute Gasteiger partial charge is 0.493 e. The van der Waals surface area contributed by atoms with Crippen LogP contribution in [0.5, 0.6) is 0 Å². The lowest BCUT2D eigenvalue weighted by Crippen LogP contribution is -2.59. The van der Waals surface area contributed by atoms with Crippen LogP contribution in [0.1, 0.15) is 166 Å². The first-order valence-corrected chi connectivity index (χ1v) is 36.3. The van der Waals surface area contributed by atoms with Crippen LogP contribution in [-0.2, 0) is 74.0 Å². The van der Waals surface area contributed by atoms with Crippen molar-refractivity contribution in [2.75, 3.05) is 48.1 Å². The van der Waals surface area contributed by atoms with Gasteiger partial charge in [0.15, 0.2) is 0 Å². The molecule has 7 atom stereocenters. The molecule has 7 unspecified atom stereocenters. The van der Waals surface area contributed by atoms with Gasteiger partial charge in [-0.1, -0.05) is 76.4 Å². The summed E-state index contributed by atoms with van der Waals surface area (Å²) >= 11 is 0. The highest BCUT2D eigenvalue weighted by Crippen LogP contribution is 2.30. The Bertz CT molecular complexity index is 2700. The maximum Gasteiger partial charge on any atom is 0.493 e. The first kappa shape index (κ1) is 76.1. The maximum absolute atomic E-state index is 13.5. The van der Waals surface area contributed by atoms with Gasteiger partial charge in [-0.05, 0) is 157 Å². The van der Waals surface area contributed by atoms with Crippen LogP contribution >= 0.6 is 0 Å². The summed E-state index contributed by atoms with van der Waals surface area (Å²) in [4.78, 5) is 114.